The first-order valence-corrected chi connectivity index (χ1v) is 9.12. The molecule has 0 saturated carbocycles. The van der Waals surface area contributed by atoms with Gasteiger partial charge in [0.05, 0.1) is 0 Å². The fraction of sp³-hybridized carbons (Fsp3) is 0.286. The molecule has 0 spiro atoms. The molecule has 1 aliphatic rings. The highest BCUT2D eigenvalue weighted by molar-refractivity contribution is 5.71. The van der Waals surface area contributed by atoms with E-state index in [-0.39, 0.29) is 24.2 Å². The number of nitrogens with zero attached hydrogens (tertiary/aromatic N) is 2. The van der Waals surface area contributed by atoms with Crippen LogP contribution in [0.1, 0.15) is 36.5 Å². The summed E-state index contributed by atoms with van der Waals surface area (Å²) in [5.41, 5.74) is 3.20. The maximum Gasteiger partial charge on any atom is 0.344 e. The number of carbonyl (C=O) groups excluding carboxylic acids is 1. The first kappa shape index (κ1) is 18.2. The van der Waals surface area contributed by atoms with Gasteiger partial charge in [-0.15, -0.1) is 10.2 Å². The second kappa shape index (κ2) is 7.80. The van der Waals surface area contributed by atoms with Crippen molar-refractivity contribution in [1.82, 2.24) is 10.2 Å². The normalized spacial score (nSPS) is 13.8. The highest BCUT2D eigenvalue weighted by Crippen LogP contribution is 2.26. The van der Waals surface area contributed by atoms with Crippen molar-refractivity contribution in [3.63, 3.8) is 0 Å². The van der Waals surface area contributed by atoms with Crippen molar-refractivity contribution in [3.05, 3.63) is 65.3 Å². The molecule has 0 saturated heterocycles. The van der Waals surface area contributed by atoms with Crippen LogP contribution in [0.5, 0.6) is 5.75 Å². The lowest BCUT2D eigenvalue weighted by atomic mass is 10.1. The monoisotopic (exact) mass is 382 g/mol. The van der Waals surface area contributed by atoms with Crippen LogP contribution < -0.4 is 4.74 Å². The summed E-state index contributed by atoms with van der Waals surface area (Å²) >= 11 is 0. The Bertz CT molecular complexity index is 984. The number of fused-ring (bicyclic) bond motifs is 1. The van der Waals surface area contributed by atoms with Crippen LogP contribution >= 0.6 is 0 Å². The Labute approximate surface area is 161 Å². The third-order valence-electron chi connectivity index (χ3n) is 4.61. The van der Waals surface area contributed by atoms with Crippen molar-refractivity contribution in [3.8, 4) is 17.2 Å². The third-order valence-corrected chi connectivity index (χ3v) is 4.61. The van der Waals surface area contributed by atoms with E-state index >= 15 is 0 Å². The molecule has 6 nitrogen and oxygen atoms in total. The zero-order valence-electron chi connectivity index (χ0n) is 15.4. The van der Waals surface area contributed by atoms with Crippen LogP contribution in [-0.2, 0) is 22.4 Å². The van der Waals surface area contributed by atoms with Crippen molar-refractivity contribution in [2.45, 2.75) is 32.3 Å². The van der Waals surface area contributed by atoms with Gasteiger partial charge in [0.25, 0.3) is 5.89 Å². The Balaban J connectivity index is 1.32. The van der Waals surface area contributed by atoms with Gasteiger partial charge in [0.1, 0.15) is 11.6 Å². The van der Waals surface area contributed by atoms with Crippen LogP contribution in [-0.4, -0.2) is 22.8 Å². The number of halogens is 1. The second-order valence-corrected chi connectivity index (χ2v) is 6.66. The van der Waals surface area contributed by atoms with Crippen LogP contribution in [0.4, 0.5) is 4.39 Å². The summed E-state index contributed by atoms with van der Waals surface area (Å²) in [7, 11) is 0. The number of aryl methyl sites for hydroxylation is 2. The lowest BCUT2D eigenvalue weighted by Crippen LogP contribution is -2.17. The van der Waals surface area contributed by atoms with Gasteiger partial charge in [-0.25, -0.2) is 9.18 Å². The smallest absolute Gasteiger partial charge is 0.344 e. The van der Waals surface area contributed by atoms with E-state index in [4.69, 9.17) is 13.9 Å². The van der Waals surface area contributed by atoms with Crippen LogP contribution in [0, 0.1) is 5.82 Å². The highest BCUT2D eigenvalue weighted by atomic mass is 19.1. The summed E-state index contributed by atoms with van der Waals surface area (Å²) in [5, 5.41) is 7.81. The van der Waals surface area contributed by atoms with E-state index in [2.05, 4.69) is 10.2 Å². The Hall–Kier alpha value is -3.22. The number of hydrogen-bond donors (Lipinski definition) is 0. The molecule has 1 heterocycles. The molecule has 0 fully saturated rings. The van der Waals surface area contributed by atoms with Gasteiger partial charge in [-0.1, -0.05) is 6.07 Å². The summed E-state index contributed by atoms with van der Waals surface area (Å²) in [4.78, 5) is 12.1. The summed E-state index contributed by atoms with van der Waals surface area (Å²) in [6.45, 7) is 1.43. The number of esters is 1. The van der Waals surface area contributed by atoms with Crippen LogP contribution in [0.3, 0.4) is 0 Å². The predicted octanol–water partition coefficient (Wildman–Crippen LogP) is 4.05. The molecule has 2 aromatic carbocycles. The zero-order chi connectivity index (χ0) is 19.5. The van der Waals surface area contributed by atoms with Gasteiger partial charge in [-0.2, -0.15) is 0 Å². The van der Waals surface area contributed by atoms with Gasteiger partial charge in [-0.3, -0.25) is 0 Å². The Morgan fingerprint density at radius 3 is 2.75 bits per heavy atom. The maximum absolute atomic E-state index is 13.0. The standard InChI is InChI=1S/C21H19FN2O4/c1-13(20-23-24-21(28-20)15-5-8-17(22)9-6-15)27-19(25)12-26-18-10-7-14-3-2-4-16(14)11-18/h5-11,13H,2-4,12H2,1H3/t13-/m0/s1. The minimum absolute atomic E-state index is 0.158. The largest absolute Gasteiger partial charge is 0.482 e. The molecule has 28 heavy (non-hydrogen) atoms. The molecule has 0 radical (unpaired) electrons. The minimum Gasteiger partial charge on any atom is -0.482 e. The molecule has 1 atom stereocenters. The van der Waals surface area contributed by atoms with Crippen LogP contribution in [0.2, 0.25) is 0 Å². The van der Waals surface area contributed by atoms with Gasteiger partial charge in [0.2, 0.25) is 5.89 Å². The van der Waals surface area contributed by atoms with Crippen molar-refractivity contribution in [2.75, 3.05) is 6.61 Å². The molecule has 1 aliphatic carbocycles. The third kappa shape index (κ3) is 4.03. The second-order valence-electron chi connectivity index (χ2n) is 6.66. The van der Waals surface area contributed by atoms with Crippen LogP contribution in [0.25, 0.3) is 11.5 Å². The van der Waals surface area contributed by atoms with Crippen molar-refractivity contribution < 1.29 is 23.1 Å². The summed E-state index contributed by atoms with van der Waals surface area (Å²) in [6, 6.07) is 11.6. The van der Waals surface area contributed by atoms with Crippen molar-refractivity contribution >= 4 is 5.97 Å². The molecule has 0 bridgehead atoms. The van der Waals surface area contributed by atoms with E-state index in [1.54, 1.807) is 6.92 Å². The number of hydrogen-bond acceptors (Lipinski definition) is 6. The quantitative estimate of drug-likeness (QED) is 0.599. The average Bonchev–Trinajstić information content (AvgIpc) is 3.36. The lowest BCUT2D eigenvalue weighted by Gasteiger charge is -2.11. The molecule has 144 valence electrons. The molecule has 7 heteroatoms. The average molecular weight is 382 g/mol. The van der Waals surface area contributed by atoms with Gasteiger partial charge in [-0.05, 0) is 73.7 Å². The molecule has 1 aromatic heterocycles. The summed E-state index contributed by atoms with van der Waals surface area (Å²) in [5.74, 6) is 0.155. The van der Waals surface area contributed by atoms with E-state index in [1.807, 2.05) is 18.2 Å². The summed E-state index contributed by atoms with van der Waals surface area (Å²) < 4.78 is 29.4. The van der Waals surface area contributed by atoms with E-state index in [9.17, 15) is 9.18 Å². The SMILES string of the molecule is C[C@H](OC(=O)COc1ccc2c(c1)CCC2)c1nnc(-c2ccc(F)cc2)o1. The number of ether oxygens (including phenoxy) is 2. The molecule has 4 rings (SSSR count). The highest BCUT2D eigenvalue weighted by Gasteiger charge is 2.20. The van der Waals surface area contributed by atoms with Gasteiger partial charge in [0, 0.05) is 5.56 Å². The van der Waals surface area contributed by atoms with Gasteiger partial charge < -0.3 is 13.9 Å². The molecule has 0 amide bonds. The van der Waals surface area contributed by atoms with E-state index in [0.717, 1.165) is 19.3 Å². The van der Waals surface area contributed by atoms with Gasteiger partial charge >= 0.3 is 5.97 Å². The topological polar surface area (TPSA) is 74.5 Å². The van der Waals surface area contributed by atoms with Crippen molar-refractivity contribution in [1.29, 1.82) is 0 Å². The predicted molar refractivity (Wildman–Crippen MR) is 98.2 cm³/mol. The number of carbonyl (C=O) groups is 1. The van der Waals surface area contributed by atoms with Gasteiger partial charge in [0.15, 0.2) is 12.7 Å². The molecule has 0 aliphatic heterocycles. The first-order valence-electron chi connectivity index (χ1n) is 9.12. The Morgan fingerprint density at radius 1 is 1.14 bits per heavy atom. The number of benzene rings is 2. The summed E-state index contributed by atoms with van der Waals surface area (Å²) in [6.07, 6.45) is 2.57. The first-order chi connectivity index (χ1) is 13.6. The van der Waals surface area contributed by atoms with E-state index < -0.39 is 12.1 Å². The molecule has 0 N–H and O–H groups in total. The van der Waals surface area contributed by atoms with E-state index in [1.165, 1.54) is 35.4 Å². The fourth-order valence-corrected chi connectivity index (χ4v) is 3.17. The fourth-order valence-electron chi connectivity index (χ4n) is 3.17. The maximum atomic E-state index is 13.0. The molecular formula is C21H19FN2O4. The van der Waals surface area contributed by atoms with Crippen molar-refractivity contribution in [2.24, 2.45) is 0 Å². The number of rotatable bonds is 6. The van der Waals surface area contributed by atoms with Crippen LogP contribution in [0.15, 0.2) is 46.9 Å². The lowest BCUT2D eigenvalue weighted by molar-refractivity contribution is -0.152. The molecule has 0 unspecified atom stereocenters. The molecular weight excluding hydrogens is 363 g/mol. The Kier molecular flexibility index (Phi) is 5.06. The number of aromatic nitrogens is 2. The Morgan fingerprint density at radius 2 is 1.93 bits per heavy atom. The van der Waals surface area contributed by atoms with E-state index in [0.29, 0.717) is 11.3 Å². The molecule has 3 aromatic rings. The zero-order valence-corrected chi connectivity index (χ0v) is 15.4. The minimum atomic E-state index is -0.724.